The van der Waals surface area contributed by atoms with Crippen LogP contribution in [0.3, 0.4) is 0 Å². The molecule has 0 aromatic heterocycles. The number of amides is 2. The maximum atomic E-state index is 11.5. The van der Waals surface area contributed by atoms with Crippen LogP contribution in [0.1, 0.15) is 65.2 Å². The summed E-state index contributed by atoms with van der Waals surface area (Å²) in [4.78, 5) is 23.1. The van der Waals surface area contributed by atoms with E-state index in [2.05, 4.69) is 48.8 Å². The smallest absolute Gasteiger partial charge is 0.220 e. The van der Waals surface area contributed by atoms with Crippen LogP contribution < -0.4 is 10.6 Å². The van der Waals surface area contributed by atoms with Gasteiger partial charge in [-0.2, -0.15) is 0 Å². The molecule has 0 saturated heterocycles. The lowest BCUT2D eigenvalue weighted by Crippen LogP contribution is -2.25. The molecule has 0 atom stereocenters. The Bertz CT molecular complexity index is 315. The van der Waals surface area contributed by atoms with E-state index in [9.17, 15) is 9.59 Å². The molecule has 0 aliphatic carbocycles. The first kappa shape index (κ1) is 20.4. The Balaban J connectivity index is 3.43. The zero-order valence-corrected chi connectivity index (χ0v) is 14.2. The molecule has 0 heterocycles. The minimum absolute atomic E-state index is 0.0787. The van der Waals surface area contributed by atoms with Gasteiger partial charge in [0.05, 0.1) is 0 Å². The number of carbonyl (C=O) groups is 2. The van der Waals surface area contributed by atoms with E-state index in [1.165, 1.54) is 0 Å². The van der Waals surface area contributed by atoms with Crippen LogP contribution in [0, 0.1) is 0 Å². The Morgan fingerprint density at radius 2 is 1.14 bits per heavy atom. The van der Waals surface area contributed by atoms with Crippen molar-refractivity contribution in [3.8, 4) is 0 Å². The van der Waals surface area contributed by atoms with E-state index in [-0.39, 0.29) is 11.8 Å². The molecule has 2 N–H and O–H groups in total. The van der Waals surface area contributed by atoms with Gasteiger partial charge in [0.15, 0.2) is 0 Å². The second kappa shape index (κ2) is 15.8. The molecule has 4 nitrogen and oxygen atoms in total. The Hall–Kier alpha value is -1.58. The first-order chi connectivity index (χ1) is 10.7. The van der Waals surface area contributed by atoms with E-state index in [1.54, 1.807) is 0 Å². The van der Waals surface area contributed by atoms with Crippen molar-refractivity contribution >= 4 is 11.8 Å². The topological polar surface area (TPSA) is 58.2 Å². The van der Waals surface area contributed by atoms with Crippen LogP contribution in [0.2, 0.25) is 0 Å². The molecule has 2 amide bonds. The summed E-state index contributed by atoms with van der Waals surface area (Å²) in [6.07, 6.45) is 14.7. The standard InChI is InChI=1S/C18H32N2O2/c1-3-5-7-11-15-19-17(21)13-9-10-14-18(22)20-16-12-8-6-4-2/h5-8H,3-4,9-16H2,1-2H3,(H,19,21)(H,20,22)/b7-5+,8-6+. The molecule has 0 aromatic carbocycles. The van der Waals surface area contributed by atoms with Gasteiger partial charge in [0.1, 0.15) is 0 Å². The van der Waals surface area contributed by atoms with Gasteiger partial charge < -0.3 is 10.6 Å². The summed E-state index contributed by atoms with van der Waals surface area (Å²) in [6, 6.07) is 0. The van der Waals surface area contributed by atoms with Gasteiger partial charge in [0, 0.05) is 25.9 Å². The van der Waals surface area contributed by atoms with Gasteiger partial charge in [-0.25, -0.2) is 0 Å². The number of unbranched alkanes of at least 4 members (excludes halogenated alkanes) is 1. The first-order valence-corrected chi connectivity index (χ1v) is 8.54. The average molecular weight is 308 g/mol. The van der Waals surface area contributed by atoms with Crippen LogP contribution in [-0.4, -0.2) is 24.9 Å². The molecule has 0 spiro atoms. The normalized spacial score (nSPS) is 11.2. The molecule has 0 saturated carbocycles. The van der Waals surface area contributed by atoms with Crippen molar-refractivity contribution < 1.29 is 9.59 Å². The quantitative estimate of drug-likeness (QED) is 0.404. The lowest BCUT2D eigenvalue weighted by atomic mass is 10.2. The van der Waals surface area contributed by atoms with Crippen molar-refractivity contribution in [1.29, 1.82) is 0 Å². The molecule has 0 aliphatic rings. The summed E-state index contributed by atoms with van der Waals surface area (Å²) >= 11 is 0. The van der Waals surface area contributed by atoms with Crippen LogP contribution in [-0.2, 0) is 9.59 Å². The molecule has 0 bridgehead atoms. The van der Waals surface area contributed by atoms with Crippen molar-refractivity contribution in [2.24, 2.45) is 0 Å². The Labute approximate surface area is 135 Å². The molecular formula is C18H32N2O2. The largest absolute Gasteiger partial charge is 0.356 e. The summed E-state index contributed by atoms with van der Waals surface area (Å²) < 4.78 is 0. The predicted octanol–water partition coefficient (Wildman–Crippen LogP) is 3.49. The van der Waals surface area contributed by atoms with Crippen LogP contribution in [0.15, 0.2) is 24.3 Å². The Kier molecular flexibility index (Phi) is 14.7. The maximum Gasteiger partial charge on any atom is 0.220 e. The SMILES string of the molecule is CC/C=C/CCNC(=O)CCCCC(=O)NCC/C=C/CC. The number of carbonyl (C=O) groups excluding carboxylic acids is 2. The van der Waals surface area contributed by atoms with E-state index in [1.807, 2.05) is 0 Å². The van der Waals surface area contributed by atoms with Crippen molar-refractivity contribution in [2.45, 2.75) is 65.2 Å². The van der Waals surface area contributed by atoms with E-state index in [0.29, 0.717) is 25.9 Å². The highest BCUT2D eigenvalue weighted by Crippen LogP contribution is 2.00. The fourth-order valence-electron chi connectivity index (χ4n) is 1.91. The molecular weight excluding hydrogens is 276 g/mol. The average Bonchev–Trinajstić information content (AvgIpc) is 2.51. The van der Waals surface area contributed by atoms with Gasteiger partial charge in [-0.15, -0.1) is 0 Å². The van der Waals surface area contributed by atoms with Crippen LogP contribution >= 0.6 is 0 Å². The fraction of sp³-hybridized carbons (Fsp3) is 0.667. The summed E-state index contributed by atoms with van der Waals surface area (Å²) in [6.45, 7) is 5.57. The molecule has 126 valence electrons. The minimum atomic E-state index is 0.0787. The Morgan fingerprint density at radius 1 is 0.727 bits per heavy atom. The monoisotopic (exact) mass is 308 g/mol. The van der Waals surface area contributed by atoms with E-state index in [0.717, 1.165) is 38.5 Å². The zero-order valence-electron chi connectivity index (χ0n) is 14.2. The summed E-state index contributed by atoms with van der Waals surface area (Å²) in [5.74, 6) is 0.157. The molecule has 0 aliphatic heterocycles. The zero-order chi connectivity index (χ0) is 16.5. The molecule has 22 heavy (non-hydrogen) atoms. The van der Waals surface area contributed by atoms with E-state index >= 15 is 0 Å². The first-order valence-electron chi connectivity index (χ1n) is 8.54. The third-order valence-corrected chi connectivity index (χ3v) is 3.13. The van der Waals surface area contributed by atoms with Crippen LogP contribution in [0.25, 0.3) is 0 Å². The van der Waals surface area contributed by atoms with Crippen LogP contribution in [0.5, 0.6) is 0 Å². The summed E-state index contributed by atoms with van der Waals surface area (Å²) in [7, 11) is 0. The number of rotatable bonds is 13. The molecule has 0 unspecified atom stereocenters. The maximum absolute atomic E-state index is 11.5. The van der Waals surface area contributed by atoms with Gasteiger partial charge in [-0.1, -0.05) is 38.2 Å². The highest BCUT2D eigenvalue weighted by Gasteiger charge is 2.03. The number of nitrogens with one attached hydrogen (secondary N) is 2. The molecule has 4 heteroatoms. The molecule has 0 radical (unpaired) electrons. The second-order valence-corrected chi connectivity index (χ2v) is 5.24. The van der Waals surface area contributed by atoms with Crippen molar-refractivity contribution in [3.05, 3.63) is 24.3 Å². The lowest BCUT2D eigenvalue weighted by Gasteiger charge is -2.05. The molecule has 0 aromatic rings. The highest BCUT2D eigenvalue weighted by molar-refractivity contribution is 5.77. The van der Waals surface area contributed by atoms with Gasteiger partial charge in [0.2, 0.25) is 11.8 Å². The predicted molar refractivity (Wildman–Crippen MR) is 92.6 cm³/mol. The second-order valence-electron chi connectivity index (χ2n) is 5.24. The van der Waals surface area contributed by atoms with Gasteiger partial charge in [-0.05, 0) is 38.5 Å². The summed E-state index contributed by atoms with van der Waals surface area (Å²) in [5.41, 5.74) is 0. The third kappa shape index (κ3) is 14.8. The molecule has 0 fully saturated rings. The highest BCUT2D eigenvalue weighted by atomic mass is 16.2. The molecule has 0 rings (SSSR count). The van der Waals surface area contributed by atoms with Gasteiger partial charge >= 0.3 is 0 Å². The van der Waals surface area contributed by atoms with Gasteiger partial charge in [-0.3, -0.25) is 9.59 Å². The van der Waals surface area contributed by atoms with E-state index in [4.69, 9.17) is 0 Å². The lowest BCUT2D eigenvalue weighted by molar-refractivity contribution is -0.123. The van der Waals surface area contributed by atoms with Gasteiger partial charge in [0.25, 0.3) is 0 Å². The van der Waals surface area contributed by atoms with Crippen molar-refractivity contribution in [3.63, 3.8) is 0 Å². The van der Waals surface area contributed by atoms with Crippen LogP contribution in [0.4, 0.5) is 0 Å². The number of allylic oxidation sites excluding steroid dienone is 2. The number of hydrogen-bond donors (Lipinski definition) is 2. The number of hydrogen-bond acceptors (Lipinski definition) is 2. The van der Waals surface area contributed by atoms with E-state index < -0.39 is 0 Å². The third-order valence-electron chi connectivity index (χ3n) is 3.13. The van der Waals surface area contributed by atoms with Crippen molar-refractivity contribution in [2.75, 3.05) is 13.1 Å². The minimum Gasteiger partial charge on any atom is -0.356 e. The van der Waals surface area contributed by atoms with Crippen molar-refractivity contribution in [1.82, 2.24) is 10.6 Å². The summed E-state index contributed by atoms with van der Waals surface area (Å²) in [5, 5.41) is 5.77. The fourth-order valence-corrected chi connectivity index (χ4v) is 1.91. The Morgan fingerprint density at radius 3 is 1.50 bits per heavy atom.